The van der Waals surface area contributed by atoms with E-state index in [9.17, 15) is 0 Å². The number of nitrogens with zero attached hydrogens (tertiary/aromatic N) is 1. The Kier molecular flexibility index (Phi) is 3.91. The van der Waals surface area contributed by atoms with Gasteiger partial charge in [-0.1, -0.05) is 20.3 Å². The largest absolute Gasteiger partial charge is 0.313 e. The maximum absolute atomic E-state index is 3.86. The number of nitrogens with one attached hydrogen (secondary N) is 1. The Bertz CT molecular complexity index is 217. The second-order valence-corrected chi connectivity index (χ2v) is 6.22. The van der Waals surface area contributed by atoms with Gasteiger partial charge in [0.15, 0.2) is 0 Å². The van der Waals surface area contributed by atoms with E-state index < -0.39 is 0 Å². The van der Waals surface area contributed by atoms with Gasteiger partial charge >= 0.3 is 0 Å². The molecule has 0 bridgehead atoms. The van der Waals surface area contributed by atoms with Crippen molar-refractivity contribution in [1.82, 2.24) is 10.2 Å². The molecule has 2 fully saturated rings. The summed E-state index contributed by atoms with van der Waals surface area (Å²) in [5.74, 6) is 0.813. The molecule has 1 saturated carbocycles. The lowest BCUT2D eigenvalue weighted by Gasteiger charge is -2.44. The lowest BCUT2D eigenvalue weighted by Crippen LogP contribution is -2.51. The summed E-state index contributed by atoms with van der Waals surface area (Å²) >= 11 is 0. The summed E-state index contributed by atoms with van der Waals surface area (Å²) in [6.07, 6.45) is 7.06. The first kappa shape index (κ1) is 12.4. The van der Waals surface area contributed by atoms with Crippen molar-refractivity contribution < 1.29 is 0 Å². The molecule has 1 saturated heterocycles. The molecule has 2 heteroatoms. The van der Waals surface area contributed by atoms with Gasteiger partial charge in [0, 0.05) is 19.1 Å². The zero-order valence-corrected chi connectivity index (χ0v) is 11.3. The molecule has 0 amide bonds. The summed E-state index contributed by atoms with van der Waals surface area (Å²) < 4.78 is 0. The molecule has 2 aliphatic rings. The van der Waals surface area contributed by atoms with Crippen molar-refractivity contribution in [3.63, 3.8) is 0 Å². The molecule has 0 aromatic heterocycles. The van der Waals surface area contributed by atoms with Crippen LogP contribution in [0.4, 0.5) is 0 Å². The fourth-order valence-electron chi connectivity index (χ4n) is 3.34. The van der Waals surface area contributed by atoms with E-state index in [1.54, 1.807) is 0 Å². The second-order valence-electron chi connectivity index (χ2n) is 6.22. The fraction of sp³-hybridized carbons (Fsp3) is 1.00. The van der Waals surface area contributed by atoms with Gasteiger partial charge in [-0.3, -0.25) is 0 Å². The van der Waals surface area contributed by atoms with Crippen molar-refractivity contribution in [2.75, 3.05) is 26.7 Å². The molecular formula is C14H28N2. The Balaban J connectivity index is 1.77. The molecule has 0 radical (unpaired) electrons. The van der Waals surface area contributed by atoms with E-state index in [2.05, 4.69) is 31.1 Å². The molecule has 1 aliphatic carbocycles. The molecule has 16 heavy (non-hydrogen) atoms. The van der Waals surface area contributed by atoms with Crippen LogP contribution in [0.25, 0.3) is 0 Å². The van der Waals surface area contributed by atoms with Gasteiger partial charge in [0.25, 0.3) is 0 Å². The van der Waals surface area contributed by atoms with Gasteiger partial charge in [0.05, 0.1) is 0 Å². The minimum Gasteiger partial charge on any atom is -0.313 e. The quantitative estimate of drug-likeness (QED) is 0.789. The second kappa shape index (κ2) is 5.05. The molecular weight excluding hydrogens is 196 g/mol. The minimum absolute atomic E-state index is 0.670. The van der Waals surface area contributed by atoms with Crippen molar-refractivity contribution in [1.29, 1.82) is 0 Å². The minimum atomic E-state index is 0.670. The Morgan fingerprint density at radius 3 is 2.62 bits per heavy atom. The van der Waals surface area contributed by atoms with Crippen molar-refractivity contribution in [3.8, 4) is 0 Å². The number of rotatable bonds is 4. The first-order chi connectivity index (χ1) is 7.65. The Morgan fingerprint density at radius 1 is 1.38 bits per heavy atom. The van der Waals surface area contributed by atoms with Crippen LogP contribution in [0.2, 0.25) is 0 Å². The maximum Gasteiger partial charge on any atom is 0.0117 e. The topological polar surface area (TPSA) is 15.3 Å². The van der Waals surface area contributed by atoms with Gasteiger partial charge in [-0.05, 0) is 50.6 Å². The summed E-state index contributed by atoms with van der Waals surface area (Å²) in [7, 11) is 2.24. The fourth-order valence-corrected chi connectivity index (χ4v) is 3.34. The van der Waals surface area contributed by atoms with Gasteiger partial charge in [-0.2, -0.15) is 0 Å². The average Bonchev–Trinajstić information content (AvgIpc) is 2.19. The van der Waals surface area contributed by atoms with Gasteiger partial charge in [0.1, 0.15) is 0 Å². The molecule has 1 heterocycles. The summed E-state index contributed by atoms with van der Waals surface area (Å²) in [6, 6.07) is 0.764. The van der Waals surface area contributed by atoms with E-state index in [0.717, 1.165) is 12.0 Å². The van der Waals surface area contributed by atoms with Crippen LogP contribution in [0.1, 0.15) is 46.0 Å². The van der Waals surface area contributed by atoms with E-state index in [0.29, 0.717) is 5.41 Å². The molecule has 2 atom stereocenters. The summed E-state index contributed by atoms with van der Waals surface area (Å²) in [4.78, 5) is 2.46. The molecule has 2 unspecified atom stereocenters. The van der Waals surface area contributed by atoms with E-state index in [1.807, 2.05) is 0 Å². The molecule has 1 aliphatic heterocycles. The van der Waals surface area contributed by atoms with E-state index in [-0.39, 0.29) is 0 Å². The lowest BCUT2D eigenvalue weighted by molar-refractivity contribution is 0.0996. The zero-order chi connectivity index (χ0) is 11.6. The third kappa shape index (κ3) is 2.60. The molecule has 0 aromatic rings. The highest BCUT2D eigenvalue weighted by Crippen LogP contribution is 2.43. The number of hydrogen-bond acceptors (Lipinski definition) is 2. The van der Waals surface area contributed by atoms with Crippen molar-refractivity contribution >= 4 is 0 Å². The smallest absolute Gasteiger partial charge is 0.0117 e. The number of likely N-dealkylation sites (tertiary alicyclic amines) is 1. The summed E-state index contributed by atoms with van der Waals surface area (Å²) in [5.41, 5.74) is 0.670. The van der Waals surface area contributed by atoms with Crippen LogP contribution < -0.4 is 5.32 Å². The van der Waals surface area contributed by atoms with E-state index >= 15 is 0 Å². The van der Waals surface area contributed by atoms with Crippen molar-refractivity contribution in [3.05, 3.63) is 0 Å². The third-order valence-corrected chi connectivity index (χ3v) is 5.01. The third-order valence-electron chi connectivity index (χ3n) is 5.01. The van der Waals surface area contributed by atoms with Crippen molar-refractivity contribution in [2.24, 2.45) is 11.3 Å². The van der Waals surface area contributed by atoms with Gasteiger partial charge in [-0.25, -0.2) is 0 Å². The first-order valence-electron chi connectivity index (χ1n) is 7.07. The molecule has 94 valence electrons. The highest BCUT2D eigenvalue weighted by atomic mass is 15.1. The highest BCUT2D eigenvalue weighted by molar-refractivity contribution is 4.91. The van der Waals surface area contributed by atoms with Gasteiger partial charge < -0.3 is 10.2 Å². The summed E-state index contributed by atoms with van der Waals surface area (Å²) in [5, 5.41) is 3.86. The van der Waals surface area contributed by atoms with Crippen LogP contribution in [0, 0.1) is 11.3 Å². The van der Waals surface area contributed by atoms with Crippen LogP contribution in [0.15, 0.2) is 0 Å². The first-order valence-corrected chi connectivity index (χ1v) is 7.07. The van der Waals surface area contributed by atoms with E-state index in [4.69, 9.17) is 0 Å². The van der Waals surface area contributed by atoms with Crippen LogP contribution >= 0.6 is 0 Å². The maximum atomic E-state index is 3.86. The monoisotopic (exact) mass is 224 g/mol. The Morgan fingerprint density at radius 2 is 2.12 bits per heavy atom. The highest BCUT2D eigenvalue weighted by Gasteiger charge is 2.36. The Labute approximate surface area is 101 Å². The SMILES string of the molecule is CCC1(CNC2CCN(C)CC2C)CCC1. The Hall–Kier alpha value is -0.0800. The van der Waals surface area contributed by atoms with Crippen LogP contribution in [0.3, 0.4) is 0 Å². The standard InChI is InChI=1S/C14H28N2/c1-4-14(7-5-8-14)11-15-13-6-9-16(3)10-12(13)2/h12-13,15H,4-11H2,1-3H3. The average molecular weight is 224 g/mol. The van der Waals surface area contributed by atoms with E-state index in [1.165, 1.54) is 51.7 Å². The predicted octanol–water partition coefficient (Wildman–Crippen LogP) is 2.50. The van der Waals surface area contributed by atoms with Crippen LogP contribution in [-0.2, 0) is 0 Å². The molecule has 1 N–H and O–H groups in total. The molecule has 2 rings (SSSR count). The van der Waals surface area contributed by atoms with Gasteiger partial charge in [-0.15, -0.1) is 0 Å². The number of piperidine rings is 1. The van der Waals surface area contributed by atoms with Crippen LogP contribution in [-0.4, -0.2) is 37.6 Å². The lowest BCUT2D eigenvalue weighted by atomic mass is 9.67. The number of hydrogen-bond donors (Lipinski definition) is 1. The summed E-state index contributed by atoms with van der Waals surface area (Å²) in [6.45, 7) is 8.55. The zero-order valence-electron chi connectivity index (χ0n) is 11.3. The van der Waals surface area contributed by atoms with Crippen LogP contribution in [0.5, 0.6) is 0 Å². The molecule has 2 nitrogen and oxygen atoms in total. The van der Waals surface area contributed by atoms with Crippen molar-refractivity contribution in [2.45, 2.75) is 52.0 Å². The normalized spacial score (nSPS) is 34.7. The molecule has 0 aromatic carbocycles. The van der Waals surface area contributed by atoms with Gasteiger partial charge in [0.2, 0.25) is 0 Å². The molecule has 0 spiro atoms. The predicted molar refractivity (Wildman–Crippen MR) is 69.6 cm³/mol.